The zero-order chi connectivity index (χ0) is 23.2. The normalized spacial score (nSPS) is 20.8. The van der Waals surface area contributed by atoms with Crippen LogP contribution in [0.15, 0.2) is 41.3 Å². The van der Waals surface area contributed by atoms with Crippen LogP contribution in [0.25, 0.3) is 11.0 Å². The highest BCUT2D eigenvalue weighted by molar-refractivity contribution is 5.95. The van der Waals surface area contributed by atoms with Gasteiger partial charge >= 0.3 is 6.09 Å². The molecule has 3 aliphatic rings. The molecule has 2 amide bonds. The first-order valence-electron chi connectivity index (χ1n) is 11.2. The fourth-order valence-corrected chi connectivity index (χ4v) is 4.79. The molecule has 11 heteroatoms. The van der Waals surface area contributed by atoms with Crippen LogP contribution < -0.4 is 25.8 Å². The highest BCUT2D eigenvalue weighted by Gasteiger charge is 2.34. The monoisotopic (exact) mass is 462 g/mol. The number of anilines is 2. The second-order valence-electron chi connectivity index (χ2n) is 8.57. The Balaban J connectivity index is 1.05. The van der Waals surface area contributed by atoms with Gasteiger partial charge in [0.05, 0.1) is 29.8 Å². The number of hydrogen-bond donors (Lipinski definition) is 2. The molecule has 174 valence electrons. The van der Waals surface area contributed by atoms with E-state index in [2.05, 4.69) is 20.6 Å². The molecule has 34 heavy (non-hydrogen) atoms. The summed E-state index contributed by atoms with van der Waals surface area (Å²) in [5.74, 6) is 0.876. The minimum Gasteiger partial charge on any atom is -0.480 e. The highest BCUT2D eigenvalue weighted by Crippen LogP contribution is 2.31. The van der Waals surface area contributed by atoms with Crippen molar-refractivity contribution in [2.75, 3.05) is 36.5 Å². The van der Waals surface area contributed by atoms with Crippen LogP contribution in [0.1, 0.15) is 18.0 Å². The van der Waals surface area contributed by atoms with Crippen molar-refractivity contribution in [2.45, 2.75) is 25.0 Å². The molecule has 11 nitrogen and oxygen atoms in total. The number of carbonyl (C=O) groups is 2. The molecule has 1 fully saturated rings. The number of fused-ring (bicyclic) bond motifs is 1. The Morgan fingerprint density at radius 2 is 2.09 bits per heavy atom. The Morgan fingerprint density at radius 3 is 3.00 bits per heavy atom. The summed E-state index contributed by atoms with van der Waals surface area (Å²) in [5, 5.41) is 6.05. The summed E-state index contributed by atoms with van der Waals surface area (Å²) in [6.07, 6.45) is 2.01. The van der Waals surface area contributed by atoms with Crippen molar-refractivity contribution in [3.8, 4) is 5.75 Å². The highest BCUT2D eigenvalue weighted by atomic mass is 16.6. The molecule has 1 unspecified atom stereocenters. The van der Waals surface area contributed by atoms with Gasteiger partial charge in [0, 0.05) is 6.54 Å². The third kappa shape index (κ3) is 3.54. The first-order chi connectivity index (χ1) is 16.6. The number of carbonyl (C=O) groups excluding carboxylic acids is 2. The molecule has 3 aliphatic heterocycles. The summed E-state index contributed by atoms with van der Waals surface area (Å²) in [5.41, 5.74) is 2.79. The summed E-state index contributed by atoms with van der Waals surface area (Å²) in [6.45, 7) is 1.57. The van der Waals surface area contributed by atoms with Crippen molar-refractivity contribution in [3.05, 3.63) is 52.4 Å². The molecular formula is C23H22N6O5. The molecule has 5 heterocycles. The van der Waals surface area contributed by atoms with E-state index in [1.54, 1.807) is 12.1 Å². The molecule has 2 atom stereocenters. The fraction of sp³-hybridized carbons (Fsp3) is 0.348. The first-order valence-corrected chi connectivity index (χ1v) is 11.2. The number of hydrogen-bond acceptors (Lipinski definition) is 8. The van der Waals surface area contributed by atoms with Crippen molar-refractivity contribution in [2.24, 2.45) is 0 Å². The van der Waals surface area contributed by atoms with Gasteiger partial charge in [-0.3, -0.25) is 14.5 Å². The largest absolute Gasteiger partial charge is 0.480 e. The molecule has 2 aromatic heterocycles. The van der Waals surface area contributed by atoms with Gasteiger partial charge in [0.25, 0.3) is 11.5 Å². The van der Waals surface area contributed by atoms with Crippen molar-refractivity contribution < 1.29 is 19.1 Å². The minimum absolute atomic E-state index is 0.0233. The fourth-order valence-electron chi connectivity index (χ4n) is 4.79. The topological polar surface area (TPSA) is 128 Å². The Labute approximate surface area is 193 Å². The number of ether oxygens (including phenoxy) is 2. The zero-order valence-corrected chi connectivity index (χ0v) is 18.2. The molecule has 0 spiro atoms. The van der Waals surface area contributed by atoms with Crippen LogP contribution in [0.4, 0.5) is 16.4 Å². The van der Waals surface area contributed by atoms with E-state index in [0.717, 1.165) is 23.0 Å². The van der Waals surface area contributed by atoms with E-state index in [1.807, 2.05) is 22.8 Å². The Hall–Kier alpha value is -3.99. The van der Waals surface area contributed by atoms with E-state index in [0.29, 0.717) is 43.4 Å². The maximum absolute atomic E-state index is 12.4. The number of nitrogens with one attached hydrogen (secondary N) is 2. The summed E-state index contributed by atoms with van der Waals surface area (Å²) >= 11 is 0. The smallest absolute Gasteiger partial charge is 0.415 e. The lowest BCUT2D eigenvalue weighted by atomic mass is 10.1. The molecule has 0 aliphatic carbocycles. The van der Waals surface area contributed by atoms with Crippen LogP contribution in [0.5, 0.6) is 5.75 Å². The molecule has 1 saturated heterocycles. The molecule has 3 aromatic rings. The van der Waals surface area contributed by atoms with E-state index in [-0.39, 0.29) is 30.2 Å². The summed E-state index contributed by atoms with van der Waals surface area (Å²) in [6, 6.07) is 9.30. The van der Waals surface area contributed by atoms with E-state index in [9.17, 15) is 14.4 Å². The van der Waals surface area contributed by atoms with Crippen molar-refractivity contribution in [1.82, 2.24) is 19.9 Å². The van der Waals surface area contributed by atoms with Crippen molar-refractivity contribution in [1.29, 1.82) is 0 Å². The van der Waals surface area contributed by atoms with Crippen LogP contribution in [0.2, 0.25) is 0 Å². The first kappa shape index (κ1) is 20.6. The third-order valence-corrected chi connectivity index (χ3v) is 6.35. The second kappa shape index (κ2) is 8.10. The average molecular weight is 462 g/mol. The number of nitrogens with zero attached hydrogens (tertiary/aromatic N) is 4. The van der Waals surface area contributed by atoms with Gasteiger partial charge in [-0.25, -0.2) is 14.8 Å². The predicted molar refractivity (Wildman–Crippen MR) is 122 cm³/mol. The van der Waals surface area contributed by atoms with Gasteiger partial charge in [0.1, 0.15) is 11.9 Å². The SMILES string of the molecule is O=C1COc2ccc(N3C[C@H](CCNCC4Cc5cccc6ncc(=O)n4c56)OC3=O)nc2N1. The lowest BCUT2D eigenvalue weighted by molar-refractivity contribution is -0.118. The number of pyridine rings is 1. The van der Waals surface area contributed by atoms with Gasteiger partial charge in [0.2, 0.25) is 0 Å². The van der Waals surface area contributed by atoms with E-state index < -0.39 is 6.09 Å². The maximum atomic E-state index is 12.4. The molecule has 6 rings (SSSR count). The van der Waals surface area contributed by atoms with Gasteiger partial charge in [-0.05, 0) is 43.1 Å². The van der Waals surface area contributed by atoms with Crippen LogP contribution in [-0.2, 0) is 16.0 Å². The Bertz CT molecular complexity index is 1370. The molecule has 0 radical (unpaired) electrons. The van der Waals surface area contributed by atoms with Crippen LogP contribution in [0.3, 0.4) is 0 Å². The van der Waals surface area contributed by atoms with Gasteiger partial charge in [0.15, 0.2) is 18.2 Å². The maximum Gasteiger partial charge on any atom is 0.415 e. The molecule has 2 N–H and O–H groups in total. The summed E-state index contributed by atoms with van der Waals surface area (Å²) in [7, 11) is 0. The van der Waals surface area contributed by atoms with Crippen molar-refractivity contribution in [3.63, 3.8) is 0 Å². The summed E-state index contributed by atoms with van der Waals surface area (Å²) < 4.78 is 12.6. The number of rotatable bonds is 6. The van der Waals surface area contributed by atoms with Crippen molar-refractivity contribution >= 4 is 34.7 Å². The second-order valence-corrected chi connectivity index (χ2v) is 8.57. The van der Waals surface area contributed by atoms with E-state index >= 15 is 0 Å². The van der Waals surface area contributed by atoms with Crippen LogP contribution >= 0.6 is 0 Å². The number of benzene rings is 1. The lowest BCUT2D eigenvalue weighted by Gasteiger charge is -2.19. The van der Waals surface area contributed by atoms with Gasteiger partial charge < -0.3 is 24.7 Å². The third-order valence-electron chi connectivity index (χ3n) is 6.35. The number of amides is 2. The Kier molecular flexibility index (Phi) is 4.91. The van der Waals surface area contributed by atoms with Crippen LogP contribution in [0, 0.1) is 0 Å². The average Bonchev–Trinajstić information content (AvgIpc) is 3.40. The van der Waals surface area contributed by atoms with Gasteiger partial charge in [-0.2, -0.15) is 0 Å². The van der Waals surface area contributed by atoms with Gasteiger partial charge in [-0.15, -0.1) is 0 Å². The minimum atomic E-state index is -0.475. The Morgan fingerprint density at radius 1 is 1.18 bits per heavy atom. The summed E-state index contributed by atoms with van der Waals surface area (Å²) in [4.78, 5) is 46.4. The lowest BCUT2D eigenvalue weighted by Crippen LogP contribution is -2.32. The number of aromatic nitrogens is 3. The van der Waals surface area contributed by atoms with Gasteiger partial charge in [-0.1, -0.05) is 12.1 Å². The van der Waals surface area contributed by atoms with Crippen LogP contribution in [-0.4, -0.2) is 58.9 Å². The zero-order valence-electron chi connectivity index (χ0n) is 18.2. The predicted octanol–water partition coefficient (Wildman–Crippen LogP) is 1.22. The molecule has 0 saturated carbocycles. The number of para-hydroxylation sites is 1. The van der Waals surface area contributed by atoms with E-state index in [4.69, 9.17) is 9.47 Å². The molecular weight excluding hydrogens is 440 g/mol. The standard InChI is InChI=1S/C23H22N6O5/c30-19-12-33-17-4-5-18(26-22(17)27-19)28-11-15(34-23(28)32)6-7-24-9-14-8-13-2-1-3-16-21(13)29(14)20(31)10-25-16/h1-5,10,14-15,24H,6-9,11-12H2,(H,26,27,30)/t14?,15-/m0/s1. The van der Waals surface area contributed by atoms with E-state index in [1.165, 1.54) is 11.1 Å². The number of cyclic esters (lactones) is 1. The molecule has 0 bridgehead atoms. The quantitative estimate of drug-likeness (QED) is 0.524. The molecule has 1 aromatic carbocycles.